The number of anilines is 1. The maximum atomic E-state index is 5.80. The Bertz CT molecular complexity index is 475. The molecule has 19 heavy (non-hydrogen) atoms. The van der Waals surface area contributed by atoms with Crippen LogP contribution in [0.1, 0.15) is 38.7 Å². The molecule has 1 aromatic rings. The van der Waals surface area contributed by atoms with Crippen LogP contribution in [0.5, 0.6) is 0 Å². The standard InChI is InChI=1S/C15H21BrN2S/c1-9-3-5-12(7-10(9)2)18-14-8-11(16)4-6-13(14)15(17)19/h4,6,8-10,12,18H,3,5,7H2,1-2H3,(H2,17,19). The fourth-order valence-electron chi connectivity index (χ4n) is 2.75. The first-order valence-corrected chi connectivity index (χ1v) is 8.03. The first-order valence-electron chi connectivity index (χ1n) is 6.83. The Hall–Kier alpha value is -0.610. The number of hydrogen-bond acceptors (Lipinski definition) is 2. The van der Waals surface area contributed by atoms with Gasteiger partial charge >= 0.3 is 0 Å². The fourth-order valence-corrected chi connectivity index (χ4v) is 3.29. The summed E-state index contributed by atoms with van der Waals surface area (Å²) in [6.07, 6.45) is 3.72. The molecule has 0 radical (unpaired) electrons. The summed E-state index contributed by atoms with van der Waals surface area (Å²) >= 11 is 8.63. The molecule has 2 rings (SSSR count). The smallest absolute Gasteiger partial charge is 0.106 e. The van der Waals surface area contributed by atoms with Crippen LogP contribution in [-0.2, 0) is 0 Å². The Morgan fingerprint density at radius 1 is 1.32 bits per heavy atom. The first kappa shape index (κ1) is 14.8. The van der Waals surface area contributed by atoms with Crippen LogP contribution < -0.4 is 11.1 Å². The van der Waals surface area contributed by atoms with E-state index in [4.69, 9.17) is 18.0 Å². The highest BCUT2D eigenvalue weighted by Gasteiger charge is 2.24. The van der Waals surface area contributed by atoms with E-state index < -0.39 is 0 Å². The molecule has 1 saturated carbocycles. The van der Waals surface area contributed by atoms with Crippen LogP contribution >= 0.6 is 28.1 Å². The van der Waals surface area contributed by atoms with Gasteiger partial charge in [0.05, 0.1) is 0 Å². The third kappa shape index (κ3) is 3.69. The molecule has 0 aliphatic heterocycles. The predicted molar refractivity (Wildman–Crippen MR) is 89.6 cm³/mol. The summed E-state index contributed by atoms with van der Waals surface area (Å²) in [4.78, 5) is 0.451. The largest absolute Gasteiger partial charge is 0.389 e. The maximum absolute atomic E-state index is 5.80. The van der Waals surface area contributed by atoms with Crippen molar-refractivity contribution in [1.82, 2.24) is 0 Å². The lowest BCUT2D eigenvalue weighted by molar-refractivity contribution is 0.261. The molecule has 0 amide bonds. The van der Waals surface area contributed by atoms with Gasteiger partial charge in [0.15, 0.2) is 0 Å². The minimum absolute atomic E-state index is 0.451. The molecule has 4 heteroatoms. The van der Waals surface area contributed by atoms with Crippen LogP contribution in [0, 0.1) is 11.8 Å². The first-order chi connectivity index (χ1) is 8.97. The number of benzene rings is 1. The molecule has 0 aromatic heterocycles. The number of halogens is 1. The van der Waals surface area contributed by atoms with Gasteiger partial charge in [-0.05, 0) is 49.3 Å². The second kappa shape index (κ2) is 6.23. The Morgan fingerprint density at radius 2 is 2.05 bits per heavy atom. The average Bonchev–Trinajstić information content (AvgIpc) is 2.33. The van der Waals surface area contributed by atoms with Crippen LogP contribution in [0.25, 0.3) is 0 Å². The van der Waals surface area contributed by atoms with Gasteiger partial charge in [0, 0.05) is 21.8 Å². The molecule has 1 aliphatic rings. The highest BCUT2D eigenvalue weighted by atomic mass is 79.9. The maximum Gasteiger partial charge on any atom is 0.106 e. The fraction of sp³-hybridized carbons (Fsp3) is 0.533. The lowest BCUT2D eigenvalue weighted by Gasteiger charge is -2.33. The summed E-state index contributed by atoms with van der Waals surface area (Å²) in [5, 5.41) is 3.63. The van der Waals surface area contributed by atoms with E-state index in [1.807, 2.05) is 12.1 Å². The van der Waals surface area contributed by atoms with Gasteiger partial charge in [-0.2, -0.15) is 0 Å². The Balaban J connectivity index is 2.14. The van der Waals surface area contributed by atoms with Crippen molar-refractivity contribution in [2.75, 3.05) is 5.32 Å². The molecule has 104 valence electrons. The summed E-state index contributed by atoms with van der Waals surface area (Å²) < 4.78 is 1.05. The molecule has 0 spiro atoms. The molecule has 3 unspecified atom stereocenters. The Morgan fingerprint density at radius 3 is 2.68 bits per heavy atom. The van der Waals surface area contributed by atoms with Crippen LogP contribution in [0.2, 0.25) is 0 Å². The molecule has 1 aromatic carbocycles. The van der Waals surface area contributed by atoms with E-state index in [2.05, 4.69) is 41.2 Å². The van der Waals surface area contributed by atoms with Gasteiger partial charge in [0.1, 0.15) is 4.99 Å². The van der Waals surface area contributed by atoms with Crippen molar-refractivity contribution in [2.45, 2.75) is 39.2 Å². The van der Waals surface area contributed by atoms with Crippen molar-refractivity contribution >= 4 is 38.8 Å². The molecule has 1 aliphatic carbocycles. The van der Waals surface area contributed by atoms with E-state index in [0.29, 0.717) is 11.0 Å². The quantitative estimate of drug-likeness (QED) is 0.804. The molecule has 3 N–H and O–H groups in total. The number of nitrogens with two attached hydrogens (primary N) is 1. The molecule has 3 atom stereocenters. The van der Waals surface area contributed by atoms with Gasteiger partial charge in [0.2, 0.25) is 0 Å². The second-order valence-electron chi connectivity index (χ2n) is 5.66. The highest BCUT2D eigenvalue weighted by molar-refractivity contribution is 9.10. The van der Waals surface area contributed by atoms with E-state index in [-0.39, 0.29) is 0 Å². The van der Waals surface area contributed by atoms with Crippen LogP contribution in [0.3, 0.4) is 0 Å². The summed E-state index contributed by atoms with van der Waals surface area (Å²) in [5.74, 6) is 1.60. The van der Waals surface area contributed by atoms with Gasteiger partial charge in [0.25, 0.3) is 0 Å². The van der Waals surface area contributed by atoms with Crippen molar-refractivity contribution < 1.29 is 0 Å². The average molecular weight is 341 g/mol. The monoisotopic (exact) mass is 340 g/mol. The highest BCUT2D eigenvalue weighted by Crippen LogP contribution is 2.32. The van der Waals surface area contributed by atoms with Crippen molar-refractivity contribution in [2.24, 2.45) is 17.6 Å². The minimum Gasteiger partial charge on any atom is -0.389 e. The third-order valence-electron chi connectivity index (χ3n) is 4.20. The molecule has 1 fully saturated rings. The topological polar surface area (TPSA) is 38.0 Å². The zero-order chi connectivity index (χ0) is 14.0. The summed E-state index contributed by atoms with van der Waals surface area (Å²) in [6.45, 7) is 4.69. The van der Waals surface area contributed by atoms with E-state index in [1.165, 1.54) is 19.3 Å². The van der Waals surface area contributed by atoms with Crippen molar-refractivity contribution in [3.8, 4) is 0 Å². The zero-order valence-corrected chi connectivity index (χ0v) is 13.9. The number of rotatable bonds is 3. The van der Waals surface area contributed by atoms with Gasteiger partial charge < -0.3 is 11.1 Å². The predicted octanol–water partition coefficient (Wildman–Crippen LogP) is 4.32. The lowest BCUT2D eigenvalue weighted by atomic mass is 9.79. The number of thiocarbonyl (C=S) groups is 1. The SMILES string of the molecule is CC1CCC(Nc2cc(Br)ccc2C(N)=S)CC1C. The normalized spacial score (nSPS) is 27.0. The molecule has 0 bridgehead atoms. The molecule has 2 nitrogen and oxygen atoms in total. The molecule has 0 saturated heterocycles. The van der Waals surface area contributed by atoms with Crippen LogP contribution in [-0.4, -0.2) is 11.0 Å². The molecular formula is C15H21BrN2S. The number of hydrogen-bond donors (Lipinski definition) is 2. The van der Waals surface area contributed by atoms with Crippen molar-refractivity contribution in [3.05, 3.63) is 28.2 Å². The molecule has 0 heterocycles. The van der Waals surface area contributed by atoms with Crippen molar-refractivity contribution in [3.63, 3.8) is 0 Å². The Labute approximate surface area is 129 Å². The lowest BCUT2D eigenvalue weighted by Crippen LogP contribution is -2.31. The van der Waals surface area contributed by atoms with Crippen molar-refractivity contribution in [1.29, 1.82) is 0 Å². The summed E-state index contributed by atoms with van der Waals surface area (Å²) in [6, 6.07) is 6.54. The number of nitrogens with one attached hydrogen (secondary N) is 1. The Kier molecular flexibility index (Phi) is 4.85. The van der Waals surface area contributed by atoms with Gasteiger partial charge in [-0.15, -0.1) is 0 Å². The van der Waals surface area contributed by atoms with E-state index >= 15 is 0 Å². The third-order valence-corrected chi connectivity index (χ3v) is 4.92. The van der Waals surface area contributed by atoms with Crippen LogP contribution in [0.4, 0.5) is 5.69 Å². The minimum atomic E-state index is 0.451. The van der Waals surface area contributed by atoms with E-state index in [9.17, 15) is 0 Å². The van der Waals surface area contributed by atoms with Gasteiger partial charge in [-0.25, -0.2) is 0 Å². The zero-order valence-electron chi connectivity index (χ0n) is 11.4. The second-order valence-corrected chi connectivity index (χ2v) is 7.02. The van der Waals surface area contributed by atoms with Gasteiger partial charge in [-0.3, -0.25) is 0 Å². The summed E-state index contributed by atoms with van der Waals surface area (Å²) in [5.41, 5.74) is 7.78. The van der Waals surface area contributed by atoms with E-state index in [1.54, 1.807) is 0 Å². The van der Waals surface area contributed by atoms with Crippen LogP contribution in [0.15, 0.2) is 22.7 Å². The summed E-state index contributed by atoms with van der Waals surface area (Å²) in [7, 11) is 0. The van der Waals surface area contributed by atoms with Gasteiger partial charge in [-0.1, -0.05) is 42.0 Å². The molecular weight excluding hydrogens is 320 g/mol. The van der Waals surface area contributed by atoms with E-state index in [0.717, 1.165) is 27.6 Å².